The van der Waals surface area contributed by atoms with Crippen LogP contribution < -0.4 is 4.90 Å². The molecular formula is C16H24ClN3O. The molecule has 0 unspecified atom stereocenters. The van der Waals surface area contributed by atoms with E-state index in [0.717, 1.165) is 49.0 Å². The van der Waals surface area contributed by atoms with E-state index in [1.54, 1.807) is 0 Å². The average molecular weight is 310 g/mol. The molecule has 1 N–H and O–H groups in total. The van der Waals surface area contributed by atoms with E-state index in [4.69, 9.17) is 11.6 Å². The topological polar surface area (TPSA) is 39.6 Å². The van der Waals surface area contributed by atoms with Crippen molar-refractivity contribution in [2.75, 3.05) is 38.2 Å². The number of aryl methyl sites for hydroxylation is 1. The molecule has 0 aliphatic carbocycles. The maximum atomic E-state index is 9.95. The van der Waals surface area contributed by atoms with Crippen LogP contribution in [0.15, 0.2) is 12.1 Å². The third-order valence-corrected chi connectivity index (χ3v) is 5.74. The third-order valence-electron chi connectivity index (χ3n) is 5.34. The second kappa shape index (κ2) is 5.75. The van der Waals surface area contributed by atoms with Crippen LogP contribution in [-0.2, 0) is 0 Å². The lowest BCUT2D eigenvalue weighted by atomic mass is 9.69. The Balaban J connectivity index is 1.83. The quantitative estimate of drug-likeness (QED) is 0.910. The average Bonchev–Trinajstić information content (AvgIpc) is 2.50. The molecule has 0 saturated carbocycles. The van der Waals surface area contributed by atoms with Crippen LogP contribution in [0.25, 0.3) is 0 Å². The Morgan fingerprint density at radius 1 is 1.38 bits per heavy atom. The molecule has 2 aliphatic rings. The smallest absolute Gasteiger partial charge is 0.128 e. The van der Waals surface area contributed by atoms with Gasteiger partial charge in [-0.2, -0.15) is 0 Å². The summed E-state index contributed by atoms with van der Waals surface area (Å²) in [6.45, 7) is 5.25. The molecule has 3 heterocycles. The Kier molecular flexibility index (Phi) is 4.12. The van der Waals surface area contributed by atoms with Gasteiger partial charge >= 0.3 is 0 Å². The lowest BCUT2D eigenvalue weighted by molar-refractivity contribution is -0.0277. The number of aromatic nitrogens is 1. The summed E-state index contributed by atoms with van der Waals surface area (Å²) in [5.74, 6) is 1.00. The van der Waals surface area contributed by atoms with Gasteiger partial charge in [0.15, 0.2) is 0 Å². The lowest BCUT2D eigenvalue weighted by Gasteiger charge is -2.53. The van der Waals surface area contributed by atoms with Crippen molar-refractivity contribution < 1.29 is 5.11 Å². The highest BCUT2D eigenvalue weighted by atomic mass is 35.5. The van der Waals surface area contributed by atoms with E-state index in [0.29, 0.717) is 12.6 Å². The summed E-state index contributed by atoms with van der Waals surface area (Å²) in [7, 11) is 2.18. The fourth-order valence-electron chi connectivity index (χ4n) is 3.93. The predicted molar refractivity (Wildman–Crippen MR) is 86.0 cm³/mol. The second-order valence-electron chi connectivity index (χ2n) is 6.55. The number of hydrogen-bond donors (Lipinski definition) is 1. The summed E-state index contributed by atoms with van der Waals surface area (Å²) in [4.78, 5) is 9.37. The molecule has 21 heavy (non-hydrogen) atoms. The van der Waals surface area contributed by atoms with E-state index >= 15 is 0 Å². The van der Waals surface area contributed by atoms with E-state index < -0.39 is 0 Å². The molecule has 0 amide bonds. The Morgan fingerprint density at radius 3 is 2.90 bits per heavy atom. The van der Waals surface area contributed by atoms with Crippen molar-refractivity contribution in [3.63, 3.8) is 0 Å². The van der Waals surface area contributed by atoms with Gasteiger partial charge in [-0.05, 0) is 51.9 Å². The number of nitrogens with zero attached hydrogens (tertiary/aromatic N) is 3. The first kappa shape index (κ1) is 15.1. The highest BCUT2D eigenvalue weighted by Gasteiger charge is 2.46. The summed E-state index contributed by atoms with van der Waals surface area (Å²) < 4.78 is 0. The third kappa shape index (κ3) is 2.65. The monoisotopic (exact) mass is 309 g/mol. The first-order chi connectivity index (χ1) is 10.1. The van der Waals surface area contributed by atoms with Gasteiger partial charge in [0.1, 0.15) is 5.82 Å². The number of hydrogen-bond acceptors (Lipinski definition) is 4. The normalized spacial score (nSPS) is 30.3. The first-order valence-corrected chi connectivity index (χ1v) is 8.13. The van der Waals surface area contributed by atoms with E-state index in [-0.39, 0.29) is 5.41 Å². The number of piperidine rings is 2. The van der Waals surface area contributed by atoms with Crippen LogP contribution in [0.3, 0.4) is 0 Å². The zero-order valence-electron chi connectivity index (χ0n) is 12.8. The van der Waals surface area contributed by atoms with Crippen LogP contribution in [0.2, 0.25) is 5.02 Å². The van der Waals surface area contributed by atoms with Crippen molar-refractivity contribution in [1.29, 1.82) is 0 Å². The molecule has 0 bridgehead atoms. The fourth-order valence-corrected chi connectivity index (χ4v) is 4.04. The predicted octanol–water partition coefficient (Wildman–Crippen LogP) is 2.33. The summed E-state index contributed by atoms with van der Waals surface area (Å²) in [5.41, 5.74) is 0.954. The highest BCUT2D eigenvalue weighted by Crippen LogP contribution is 2.42. The molecular weight excluding hydrogens is 286 g/mol. The Morgan fingerprint density at radius 2 is 2.19 bits per heavy atom. The maximum absolute atomic E-state index is 9.95. The van der Waals surface area contributed by atoms with Gasteiger partial charge in [-0.1, -0.05) is 11.6 Å². The number of aliphatic hydroxyl groups excluding tert-OH is 1. The number of fused-ring (bicyclic) bond motifs is 1. The summed E-state index contributed by atoms with van der Waals surface area (Å²) in [5, 5.41) is 10.7. The molecule has 2 saturated heterocycles. The molecule has 3 rings (SSSR count). The van der Waals surface area contributed by atoms with E-state index in [1.165, 1.54) is 6.42 Å². The molecule has 0 radical (unpaired) electrons. The molecule has 2 atom stereocenters. The molecule has 0 aromatic carbocycles. The molecule has 1 aromatic rings. The summed E-state index contributed by atoms with van der Waals surface area (Å²) in [6, 6.07) is 4.34. The van der Waals surface area contributed by atoms with Gasteiger partial charge < -0.3 is 14.9 Å². The van der Waals surface area contributed by atoms with Crippen molar-refractivity contribution in [2.45, 2.75) is 32.2 Å². The van der Waals surface area contributed by atoms with Crippen LogP contribution in [0.4, 0.5) is 5.82 Å². The van der Waals surface area contributed by atoms with Crippen LogP contribution in [0.5, 0.6) is 0 Å². The standard InChI is InChI=1S/C16H24ClN3O/c1-12-13(17)4-5-15(18-12)20-9-7-16(11-21)6-3-8-19(2)14(16)10-20/h4-5,14,21H,3,6-11H2,1-2H3/t14-,16-/m1/s1. The number of anilines is 1. The molecule has 1 aromatic heterocycles. The first-order valence-electron chi connectivity index (χ1n) is 7.75. The Bertz CT molecular complexity index is 524. The number of halogens is 1. The summed E-state index contributed by atoms with van der Waals surface area (Å²) in [6.07, 6.45) is 3.35. The van der Waals surface area contributed by atoms with Gasteiger partial charge in [-0.3, -0.25) is 0 Å². The summed E-state index contributed by atoms with van der Waals surface area (Å²) >= 11 is 6.08. The number of rotatable bonds is 2. The van der Waals surface area contributed by atoms with Gasteiger partial charge in [0.2, 0.25) is 0 Å². The molecule has 2 fully saturated rings. The van der Waals surface area contributed by atoms with Crippen molar-refractivity contribution in [3.05, 3.63) is 22.8 Å². The minimum Gasteiger partial charge on any atom is -0.396 e. The van der Waals surface area contributed by atoms with E-state index in [9.17, 15) is 5.11 Å². The zero-order chi connectivity index (χ0) is 15.0. The van der Waals surface area contributed by atoms with Crippen molar-refractivity contribution in [2.24, 2.45) is 5.41 Å². The number of aliphatic hydroxyl groups is 1. The lowest BCUT2D eigenvalue weighted by Crippen LogP contribution is -2.61. The van der Waals surface area contributed by atoms with Gasteiger partial charge in [0.25, 0.3) is 0 Å². The van der Waals surface area contributed by atoms with Crippen LogP contribution in [-0.4, -0.2) is 54.3 Å². The van der Waals surface area contributed by atoms with Gasteiger partial charge in [0.05, 0.1) is 17.3 Å². The number of likely N-dealkylation sites (tertiary alicyclic amines) is 1. The van der Waals surface area contributed by atoms with Crippen LogP contribution >= 0.6 is 11.6 Å². The van der Waals surface area contributed by atoms with Gasteiger partial charge in [-0.25, -0.2) is 4.98 Å². The van der Waals surface area contributed by atoms with Crippen molar-refractivity contribution in [3.8, 4) is 0 Å². The van der Waals surface area contributed by atoms with Crippen LogP contribution in [0.1, 0.15) is 25.0 Å². The van der Waals surface area contributed by atoms with E-state index in [1.807, 2.05) is 19.1 Å². The SMILES string of the molecule is Cc1nc(N2CC[C@@]3(CO)CCCN(C)[C@@H]3C2)ccc1Cl. The highest BCUT2D eigenvalue weighted by molar-refractivity contribution is 6.31. The number of likely N-dealkylation sites (N-methyl/N-ethyl adjacent to an activating group) is 1. The van der Waals surface area contributed by atoms with Crippen LogP contribution in [0, 0.1) is 12.3 Å². The Labute approximate surface area is 131 Å². The van der Waals surface area contributed by atoms with Crippen molar-refractivity contribution in [1.82, 2.24) is 9.88 Å². The van der Waals surface area contributed by atoms with E-state index in [2.05, 4.69) is 21.8 Å². The zero-order valence-corrected chi connectivity index (χ0v) is 13.6. The minimum atomic E-state index is 0.0744. The van der Waals surface area contributed by atoms with Gasteiger partial charge in [-0.15, -0.1) is 0 Å². The fraction of sp³-hybridized carbons (Fsp3) is 0.688. The Hall–Kier alpha value is -0.840. The molecule has 116 valence electrons. The molecule has 4 nitrogen and oxygen atoms in total. The molecule has 5 heteroatoms. The minimum absolute atomic E-state index is 0.0744. The maximum Gasteiger partial charge on any atom is 0.128 e. The molecule has 2 aliphatic heterocycles. The van der Waals surface area contributed by atoms with Crippen molar-refractivity contribution >= 4 is 17.4 Å². The molecule has 0 spiro atoms. The largest absolute Gasteiger partial charge is 0.396 e. The second-order valence-corrected chi connectivity index (χ2v) is 6.96. The van der Waals surface area contributed by atoms with Gasteiger partial charge in [0, 0.05) is 24.5 Å². The number of pyridine rings is 1.